The summed E-state index contributed by atoms with van der Waals surface area (Å²) in [5.41, 5.74) is 5.47. The lowest BCUT2D eigenvalue weighted by Crippen LogP contribution is -2.71. The van der Waals surface area contributed by atoms with E-state index >= 15 is 0 Å². The van der Waals surface area contributed by atoms with Gasteiger partial charge in [-0.25, -0.2) is 14.6 Å². The first-order valence-electron chi connectivity index (χ1n) is 8.89. The molecule has 4 heterocycles. The molecule has 0 spiro atoms. The van der Waals surface area contributed by atoms with Gasteiger partial charge in [0.1, 0.15) is 36.5 Å². The first-order valence-corrected chi connectivity index (χ1v) is 11.6. The minimum atomic E-state index is -1.28. The summed E-state index contributed by atoms with van der Waals surface area (Å²) in [6.07, 6.45) is 1.29. The van der Waals surface area contributed by atoms with E-state index in [9.17, 15) is 24.3 Å². The molecule has 1 aromatic heterocycles. The van der Waals surface area contributed by atoms with Crippen molar-refractivity contribution in [3.05, 3.63) is 32.7 Å². The van der Waals surface area contributed by atoms with Crippen LogP contribution in [0.15, 0.2) is 32.1 Å². The topological polar surface area (TPSA) is 174 Å². The second-order valence-electron chi connectivity index (χ2n) is 6.45. The number of nitrogens with one attached hydrogen (secondary N) is 1. The first-order chi connectivity index (χ1) is 15.3. The average molecular weight is 498 g/mol. The molecule has 4 rings (SSSR count). The van der Waals surface area contributed by atoms with Crippen LogP contribution < -0.4 is 11.1 Å². The Bertz CT molecular complexity index is 1110. The van der Waals surface area contributed by atoms with Crippen molar-refractivity contribution in [1.82, 2.24) is 15.2 Å². The van der Waals surface area contributed by atoms with Gasteiger partial charge in [-0.3, -0.25) is 14.5 Å². The number of carboxylic acid groups (broad SMARTS) is 1. The number of ether oxygens (including phenoxy) is 1. The molecular weight excluding hydrogens is 482 g/mol. The Labute approximate surface area is 192 Å². The van der Waals surface area contributed by atoms with Gasteiger partial charge < -0.3 is 25.7 Å². The van der Waals surface area contributed by atoms with Crippen LogP contribution in [0.25, 0.3) is 0 Å². The maximum Gasteiger partial charge on any atom is 0.353 e. The van der Waals surface area contributed by atoms with Crippen LogP contribution in [0.5, 0.6) is 0 Å². The average Bonchev–Trinajstić information content (AvgIpc) is 3.37. The quantitative estimate of drug-likeness (QED) is 0.199. The SMILES string of the molecule is CON=C(C(=O)N[C@@H]1C(=O)N2C(C(=O)O)=C(SC3=CC(=O)OC3)CS[C@@H]12)c1csc(N)n1. The summed E-state index contributed by atoms with van der Waals surface area (Å²) < 4.78 is 4.84. The number of cyclic esters (lactones) is 1. The zero-order chi connectivity index (χ0) is 23.0. The zero-order valence-corrected chi connectivity index (χ0v) is 18.7. The predicted octanol–water partition coefficient (Wildman–Crippen LogP) is -0.0542. The standard InChI is InChI=1S/C17H15N5O7S3/c1-28-21-10(7-4-31-17(18)19-7)13(24)20-11-14(25)22-12(16(26)27)8(5-30-15(11)22)32-6-2-9(23)29-3-6/h2,4,11,15H,3,5H2,1H3,(H2,18,19)(H,20,24)(H,26,27)/t11-,15+/m1/s1. The van der Waals surface area contributed by atoms with E-state index in [4.69, 9.17) is 15.3 Å². The van der Waals surface area contributed by atoms with Gasteiger partial charge in [0.2, 0.25) is 0 Å². The number of nitrogens with zero attached hydrogens (tertiary/aromatic N) is 3. The van der Waals surface area contributed by atoms with E-state index < -0.39 is 35.2 Å². The third-order valence-electron chi connectivity index (χ3n) is 4.47. The van der Waals surface area contributed by atoms with E-state index in [2.05, 4.69) is 15.5 Å². The van der Waals surface area contributed by atoms with Gasteiger partial charge in [-0.2, -0.15) is 0 Å². The van der Waals surface area contributed by atoms with Crippen molar-refractivity contribution in [2.45, 2.75) is 11.4 Å². The second-order valence-corrected chi connectivity index (χ2v) is 9.67. The smallest absolute Gasteiger partial charge is 0.353 e. The number of carbonyl (C=O) groups excluding carboxylic acids is 3. The number of anilines is 1. The van der Waals surface area contributed by atoms with E-state index in [0.29, 0.717) is 9.81 Å². The molecule has 15 heteroatoms. The van der Waals surface area contributed by atoms with Crippen molar-refractivity contribution in [2.75, 3.05) is 25.2 Å². The fraction of sp³-hybridized carbons (Fsp3) is 0.294. The molecule has 12 nitrogen and oxygen atoms in total. The molecule has 3 aliphatic rings. The third kappa shape index (κ3) is 4.05. The van der Waals surface area contributed by atoms with Crippen LogP contribution in [0, 0.1) is 0 Å². The maximum atomic E-state index is 12.8. The summed E-state index contributed by atoms with van der Waals surface area (Å²) in [5.74, 6) is -2.77. The van der Waals surface area contributed by atoms with Crippen molar-refractivity contribution in [3.63, 3.8) is 0 Å². The number of aromatic nitrogens is 1. The number of oxime groups is 1. The summed E-state index contributed by atoms with van der Waals surface area (Å²) in [7, 11) is 1.26. The number of β-lactam (4-membered cyclic amide) rings is 1. The van der Waals surface area contributed by atoms with E-state index in [1.54, 1.807) is 0 Å². The monoisotopic (exact) mass is 497 g/mol. The van der Waals surface area contributed by atoms with Gasteiger partial charge >= 0.3 is 11.9 Å². The molecule has 0 aliphatic carbocycles. The van der Waals surface area contributed by atoms with Crippen molar-refractivity contribution in [2.24, 2.45) is 5.16 Å². The maximum absolute atomic E-state index is 12.8. The van der Waals surface area contributed by atoms with Crippen LogP contribution >= 0.6 is 34.9 Å². The van der Waals surface area contributed by atoms with E-state index in [1.165, 1.54) is 30.3 Å². The molecule has 0 aromatic carbocycles. The Morgan fingerprint density at radius 1 is 1.47 bits per heavy atom. The number of carboxylic acids is 1. The Balaban J connectivity index is 1.52. The molecule has 1 saturated heterocycles. The normalized spacial score (nSPS) is 22.7. The van der Waals surface area contributed by atoms with Gasteiger partial charge in [-0.05, 0) is 0 Å². The molecule has 2 amide bonds. The largest absolute Gasteiger partial charge is 0.477 e. The fourth-order valence-corrected chi connectivity index (χ4v) is 6.20. The van der Waals surface area contributed by atoms with Gasteiger partial charge in [-0.15, -0.1) is 23.1 Å². The van der Waals surface area contributed by atoms with Crippen LogP contribution in [0.2, 0.25) is 0 Å². The van der Waals surface area contributed by atoms with E-state index in [1.807, 2.05) is 0 Å². The number of amides is 2. The first kappa shape index (κ1) is 22.2. The molecule has 1 fully saturated rings. The van der Waals surface area contributed by atoms with Gasteiger partial charge in [0.25, 0.3) is 11.8 Å². The summed E-state index contributed by atoms with van der Waals surface area (Å²) in [4.78, 5) is 59.5. The summed E-state index contributed by atoms with van der Waals surface area (Å²) in [6, 6.07) is -0.956. The zero-order valence-electron chi connectivity index (χ0n) is 16.3. The number of thioether (sulfide) groups is 2. The van der Waals surface area contributed by atoms with Gasteiger partial charge in [0, 0.05) is 27.0 Å². The molecule has 4 N–H and O–H groups in total. The highest BCUT2D eigenvalue weighted by Gasteiger charge is 2.54. The lowest BCUT2D eigenvalue weighted by atomic mass is 10.0. The van der Waals surface area contributed by atoms with E-state index in [0.717, 1.165) is 28.0 Å². The summed E-state index contributed by atoms with van der Waals surface area (Å²) >= 11 is 3.50. The van der Waals surface area contributed by atoms with Gasteiger partial charge in [0.15, 0.2) is 10.8 Å². The molecular formula is C17H15N5O7S3. The number of nitrogen functional groups attached to an aromatic ring is 1. The number of hydrogen-bond donors (Lipinski definition) is 3. The van der Waals surface area contributed by atoms with Crippen LogP contribution in [0.3, 0.4) is 0 Å². The number of nitrogens with two attached hydrogens (primary N) is 1. The fourth-order valence-electron chi connectivity index (χ4n) is 3.15. The third-order valence-corrected chi connectivity index (χ3v) is 7.69. The van der Waals surface area contributed by atoms with Crippen molar-refractivity contribution >= 4 is 69.5 Å². The summed E-state index contributed by atoms with van der Waals surface area (Å²) in [6.45, 7) is 0.0589. The summed E-state index contributed by atoms with van der Waals surface area (Å²) in [5, 5.41) is 17.1. The lowest BCUT2D eigenvalue weighted by Gasteiger charge is -2.49. The number of aliphatic carboxylic acids is 1. The van der Waals surface area contributed by atoms with Gasteiger partial charge in [0.05, 0.1) is 0 Å². The Morgan fingerprint density at radius 3 is 2.84 bits per heavy atom. The molecule has 0 saturated carbocycles. The number of hydrogen-bond acceptors (Lipinski definition) is 12. The molecule has 3 aliphatic heterocycles. The molecule has 1 aromatic rings. The second kappa shape index (κ2) is 8.84. The predicted molar refractivity (Wildman–Crippen MR) is 116 cm³/mol. The van der Waals surface area contributed by atoms with Crippen LogP contribution in [-0.4, -0.2) is 75.3 Å². The lowest BCUT2D eigenvalue weighted by molar-refractivity contribution is -0.150. The van der Waals surface area contributed by atoms with Crippen molar-refractivity contribution in [3.8, 4) is 0 Å². The van der Waals surface area contributed by atoms with Crippen LogP contribution in [0.4, 0.5) is 5.13 Å². The number of thiazole rings is 1. The van der Waals surface area contributed by atoms with Crippen LogP contribution in [-0.2, 0) is 28.8 Å². The van der Waals surface area contributed by atoms with Crippen LogP contribution in [0.1, 0.15) is 5.69 Å². The Morgan fingerprint density at radius 2 is 2.25 bits per heavy atom. The number of esters is 1. The highest BCUT2D eigenvalue weighted by atomic mass is 32.2. The van der Waals surface area contributed by atoms with E-state index in [-0.39, 0.29) is 34.6 Å². The molecule has 0 bridgehead atoms. The molecule has 0 radical (unpaired) electrons. The highest BCUT2D eigenvalue weighted by Crippen LogP contribution is 2.45. The molecule has 2 atom stereocenters. The Hall–Kier alpha value is -3.04. The highest BCUT2D eigenvalue weighted by molar-refractivity contribution is 8.09. The number of carbonyl (C=O) groups is 4. The van der Waals surface area contributed by atoms with Crippen molar-refractivity contribution < 1.29 is 33.9 Å². The molecule has 0 unspecified atom stereocenters. The van der Waals surface area contributed by atoms with Crippen molar-refractivity contribution in [1.29, 1.82) is 0 Å². The molecule has 32 heavy (non-hydrogen) atoms. The number of fused-ring (bicyclic) bond motifs is 1. The molecule has 168 valence electrons. The minimum Gasteiger partial charge on any atom is -0.477 e. The number of rotatable bonds is 7. The Kier molecular flexibility index (Phi) is 6.12. The minimum absolute atomic E-state index is 0.0589. The van der Waals surface area contributed by atoms with Gasteiger partial charge in [-0.1, -0.05) is 16.9 Å².